The van der Waals surface area contributed by atoms with Crippen LogP contribution in [0.25, 0.3) is 32.7 Å². The third-order valence-electron chi connectivity index (χ3n) is 9.32. The second-order valence-electron chi connectivity index (χ2n) is 10.5. The average molecular weight is 535 g/mol. The van der Waals surface area contributed by atoms with Crippen molar-refractivity contribution in [2.45, 2.75) is 10.8 Å². The minimum absolute atomic E-state index is 0.441. The highest BCUT2D eigenvalue weighted by Gasteiger charge is 2.68. The Hall–Kier alpha value is -4.01. The van der Waals surface area contributed by atoms with E-state index in [1.807, 2.05) is 6.07 Å². The second-order valence-corrected chi connectivity index (χ2v) is 11.3. The lowest BCUT2D eigenvalue weighted by molar-refractivity contribution is 0.112. The molecule has 0 N–H and O–H groups in total. The molecule has 0 saturated carbocycles. The van der Waals surface area contributed by atoms with Gasteiger partial charge in [0.25, 0.3) is 0 Å². The Balaban J connectivity index is 1.66. The summed E-state index contributed by atoms with van der Waals surface area (Å²) >= 11 is 3.87. The fraction of sp³-hybridized carbons (Fsp3) is 0.0571. The van der Waals surface area contributed by atoms with Crippen LogP contribution in [0.1, 0.15) is 43.7 Å². The molecule has 1 nitrogen and oxygen atoms in total. The van der Waals surface area contributed by atoms with Gasteiger partial charge in [0.05, 0.1) is 10.8 Å². The van der Waals surface area contributed by atoms with E-state index in [0.717, 1.165) is 21.7 Å². The normalized spacial score (nSPS) is 21.4. The van der Waals surface area contributed by atoms with Gasteiger partial charge in [-0.1, -0.05) is 119 Å². The van der Waals surface area contributed by atoms with E-state index in [1.165, 1.54) is 60.7 Å². The first kappa shape index (κ1) is 20.1. The minimum Gasteiger partial charge on any atom is -0.298 e. The molecule has 0 aliphatic heterocycles. The van der Waals surface area contributed by atoms with Gasteiger partial charge in [-0.3, -0.25) is 4.79 Å². The topological polar surface area (TPSA) is 17.1 Å². The zero-order valence-electron chi connectivity index (χ0n) is 19.8. The highest BCUT2D eigenvalue weighted by molar-refractivity contribution is 9.10. The van der Waals surface area contributed by atoms with Crippen molar-refractivity contribution in [2.75, 3.05) is 0 Å². The van der Waals surface area contributed by atoms with Gasteiger partial charge in [0.15, 0.2) is 6.29 Å². The third kappa shape index (κ3) is 1.90. The predicted octanol–water partition coefficient (Wildman–Crippen LogP) is 8.54. The van der Waals surface area contributed by atoms with Gasteiger partial charge in [-0.2, -0.15) is 0 Å². The van der Waals surface area contributed by atoms with E-state index in [4.69, 9.17) is 0 Å². The van der Waals surface area contributed by atoms with Gasteiger partial charge < -0.3 is 0 Å². The highest BCUT2D eigenvalue weighted by Crippen LogP contribution is 2.74. The van der Waals surface area contributed by atoms with E-state index >= 15 is 0 Å². The Morgan fingerprint density at radius 2 is 0.973 bits per heavy atom. The highest BCUT2D eigenvalue weighted by atomic mass is 79.9. The zero-order chi connectivity index (χ0) is 24.5. The minimum atomic E-state index is -0.441. The molecule has 172 valence electrons. The van der Waals surface area contributed by atoms with E-state index in [-0.39, 0.29) is 0 Å². The summed E-state index contributed by atoms with van der Waals surface area (Å²) < 4.78 is 1.12. The monoisotopic (exact) mass is 534 g/mol. The van der Waals surface area contributed by atoms with Gasteiger partial charge in [0, 0.05) is 10.0 Å². The van der Waals surface area contributed by atoms with Crippen molar-refractivity contribution >= 4 is 43.8 Å². The summed E-state index contributed by atoms with van der Waals surface area (Å²) in [5.41, 5.74) is 10.4. The van der Waals surface area contributed by atoms with E-state index < -0.39 is 10.8 Å². The maximum absolute atomic E-state index is 12.2. The van der Waals surface area contributed by atoms with Crippen molar-refractivity contribution in [1.29, 1.82) is 0 Å². The molecule has 9 rings (SSSR count). The Morgan fingerprint density at radius 3 is 1.59 bits per heavy atom. The standard InChI is InChI=1S/C35H19BrO/c36-31-18-17-30-33-24(31)10-6-14-28(33)35-26-12-4-2-8-23(26)22-7-1-3-11-25(22)34(30,35)27-13-5-9-21-20(19-37)15-16-29(35)32(21)27/h1-19H. The van der Waals surface area contributed by atoms with Crippen molar-refractivity contribution < 1.29 is 4.79 Å². The number of halogens is 1. The maximum atomic E-state index is 12.2. The molecule has 0 heterocycles. The summed E-state index contributed by atoms with van der Waals surface area (Å²) in [6.07, 6.45) is 1.00. The molecule has 6 aromatic carbocycles. The summed E-state index contributed by atoms with van der Waals surface area (Å²) in [6, 6.07) is 40.1. The van der Waals surface area contributed by atoms with Crippen LogP contribution in [0.3, 0.4) is 0 Å². The van der Waals surface area contributed by atoms with Crippen LogP contribution in [0.4, 0.5) is 0 Å². The number of rotatable bonds is 1. The molecule has 3 aliphatic carbocycles. The quantitative estimate of drug-likeness (QED) is 0.193. The molecule has 3 aliphatic rings. The number of aldehydes is 1. The van der Waals surface area contributed by atoms with Gasteiger partial charge in [0.1, 0.15) is 0 Å². The first-order valence-electron chi connectivity index (χ1n) is 12.7. The molecular weight excluding hydrogens is 516 g/mol. The first-order valence-corrected chi connectivity index (χ1v) is 13.5. The number of carbonyl (C=O) groups excluding carboxylic acids is 1. The molecule has 2 atom stereocenters. The number of fused-ring (bicyclic) bond motifs is 3. The van der Waals surface area contributed by atoms with Gasteiger partial charge in [-0.05, 0) is 72.1 Å². The van der Waals surface area contributed by atoms with Crippen LogP contribution in [-0.2, 0) is 10.8 Å². The smallest absolute Gasteiger partial charge is 0.150 e. The molecule has 0 aromatic heterocycles. The molecule has 0 bridgehead atoms. The molecule has 0 radical (unpaired) electrons. The first-order chi connectivity index (χ1) is 18.2. The molecule has 37 heavy (non-hydrogen) atoms. The summed E-state index contributed by atoms with van der Waals surface area (Å²) in [5, 5.41) is 4.86. The van der Waals surface area contributed by atoms with Gasteiger partial charge >= 0.3 is 0 Å². The van der Waals surface area contributed by atoms with Gasteiger partial charge in [-0.25, -0.2) is 0 Å². The molecule has 2 unspecified atom stereocenters. The third-order valence-corrected chi connectivity index (χ3v) is 10.0. The van der Waals surface area contributed by atoms with Crippen molar-refractivity contribution in [3.8, 4) is 11.1 Å². The molecule has 0 amide bonds. The van der Waals surface area contributed by atoms with Crippen LogP contribution in [0, 0.1) is 0 Å². The second kappa shape index (κ2) is 6.45. The predicted molar refractivity (Wildman–Crippen MR) is 153 cm³/mol. The lowest BCUT2D eigenvalue weighted by Gasteiger charge is -2.50. The Morgan fingerprint density at radius 1 is 0.486 bits per heavy atom. The molecule has 6 aromatic rings. The Bertz CT molecular complexity index is 1960. The molecule has 2 heteroatoms. The molecule has 0 spiro atoms. The number of benzene rings is 6. The fourth-order valence-electron chi connectivity index (χ4n) is 8.33. The lowest BCUT2D eigenvalue weighted by Crippen LogP contribution is -2.48. The van der Waals surface area contributed by atoms with Crippen LogP contribution < -0.4 is 0 Å². The Kier molecular flexibility index (Phi) is 3.51. The number of hydrogen-bond acceptors (Lipinski definition) is 1. The van der Waals surface area contributed by atoms with Crippen LogP contribution >= 0.6 is 15.9 Å². The van der Waals surface area contributed by atoms with Crippen LogP contribution in [0.5, 0.6) is 0 Å². The zero-order valence-corrected chi connectivity index (χ0v) is 21.3. The Labute approximate surface area is 222 Å². The molecular formula is C35H19BrO. The maximum Gasteiger partial charge on any atom is 0.150 e. The van der Waals surface area contributed by atoms with Crippen LogP contribution in [0.2, 0.25) is 0 Å². The number of hydrogen-bond donors (Lipinski definition) is 0. The van der Waals surface area contributed by atoms with E-state index in [1.54, 1.807) is 0 Å². The van der Waals surface area contributed by atoms with Crippen LogP contribution in [-0.4, -0.2) is 6.29 Å². The summed E-state index contributed by atoms with van der Waals surface area (Å²) in [7, 11) is 0. The summed E-state index contributed by atoms with van der Waals surface area (Å²) in [6.45, 7) is 0. The van der Waals surface area contributed by atoms with Crippen molar-refractivity contribution in [3.05, 3.63) is 153 Å². The molecule has 0 saturated heterocycles. The molecule has 0 fully saturated rings. The van der Waals surface area contributed by atoms with Gasteiger partial charge in [0.2, 0.25) is 0 Å². The SMILES string of the molecule is O=Cc1ccc2c3c(cccc13)C13c4ccccc4-c4ccccc4C21c1cccc2c(Br)ccc3c12. The van der Waals surface area contributed by atoms with Crippen molar-refractivity contribution in [2.24, 2.45) is 0 Å². The van der Waals surface area contributed by atoms with E-state index in [2.05, 4.69) is 119 Å². The van der Waals surface area contributed by atoms with E-state index in [9.17, 15) is 4.79 Å². The van der Waals surface area contributed by atoms with E-state index in [0.29, 0.717) is 0 Å². The van der Waals surface area contributed by atoms with Crippen molar-refractivity contribution in [3.63, 3.8) is 0 Å². The fourth-order valence-corrected chi connectivity index (χ4v) is 8.79. The van der Waals surface area contributed by atoms with Crippen molar-refractivity contribution in [1.82, 2.24) is 0 Å². The summed E-state index contributed by atoms with van der Waals surface area (Å²) in [4.78, 5) is 12.2. The lowest BCUT2D eigenvalue weighted by atomic mass is 9.50. The largest absolute Gasteiger partial charge is 0.298 e. The number of carbonyl (C=O) groups is 1. The van der Waals surface area contributed by atoms with Gasteiger partial charge in [-0.15, -0.1) is 0 Å². The average Bonchev–Trinajstić information content (AvgIpc) is 3.39. The summed E-state index contributed by atoms with van der Waals surface area (Å²) in [5.74, 6) is 0. The van der Waals surface area contributed by atoms with Crippen LogP contribution in [0.15, 0.2) is 114 Å².